The minimum atomic E-state index is 0.0846. The maximum Gasteiger partial charge on any atom is 0.232 e. The highest BCUT2D eigenvalue weighted by Gasteiger charge is 2.35. The molecule has 1 saturated heterocycles. The van der Waals surface area contributed by atoms with Crippen molar-refractivity contribution in [1.29, 1.82) is 0 Å². The predicted octanol–water partition coefficient (Wildman–Crippen LogP) is 3.15. The van der Waals surface area contributed by atoms with Gasteiger partial charge in [0.2, 0.25) is 5.89 Å². The molecule has 0 spiro atoms. The summed E-state index contributed by atoms with van der Waals surface area (Å²) in [6.45, 7) is 4.37. The molecule has 4 heteroatoms. The molecule has 0 aromatic carbocycles. The molecule has 1 aliphatic heterocycles. The van der Waals surface area contributed by atoms with Gasteiger partial charge >= 0.3 is 0 Å². The van der Waals surface area contributed by atoms with Crippen LogP contribution in [-0.2, 0) is 5.41 Å². The van der Waals surface area contributed by atoms with Crippen LogP contribution in [0.3, 0.4) is 0 Å². The quantitative estimate of drug-likeness (QED) is 0.833. The molecule has 1 saturated carbocycles. The third-order valence-corrected chi connectivity index (χ3v) is 4.89. The van der Waals surface area contributed by atoms with Crippen molar-refractivity contribution < 1.29 is 4.52 Å². The zero-order valence-electron chi connectivity index (χ0n) is 12.0. The fourth-order valence-corrected chi connectivity index (χ4v) is 3.38. The summed E-state index contributed by atoms with van der Waals surface area (Å²) in [5, 5.41) is 7.69. The van der Waals surface area contributed by atoms with Gasteiger partial charge in [0.1, 0.15) is 0 Å². The zero-order valence-corrected chi connectivity index (χ0v) is 12.0. The molecule has 0 atom stereocenters. The minimum absolute atomic E-state index is 0.0846. The Morgan fingerprint density at radius 1 is 1.11 bits per heavy atom. The average Bonchev–Trinajstić information content (AvgIpc) is 2.77. The second-order valence-electron chi connectivity index (χ2n) is 6.46. The molecule has 0 bridgehead atoms. The van der Waals surface area contributed by atoms with Crippen LogP contribution in [0.4, 0.5) is 0 Å². The third kappa shape index (κ3) is 2.83. The van der Waals surface area contributed by atoms with Crippen molar-refractivity contribution in [3.8, 4) is 0 Å². The van der Waals surface area contributed by atoms with Crippen LogP contribution in [0, 0.1) is 0 Å². The Balaban J connectivity index is 1.74. The summed E-state index contributed by atoms with van der Waals surface area (Å²) in [5.41, 5.74) is 0.0846. The lowest BCUT2D eigenvalue weighted by Crippen LogP contribution is -2.37. The lowest BCUT2D eigenvalue weighted by molar-refractivity contribution is 0.240. The first-order valence-corrected chi connectivity index (χ1v) is 7.83. The van der Waals surface area contributed by atoms with Crippen molar-refractivity contribution in [2.75, 3.05) is 13.1 Å². The Morgan fingerprint density at radius 3 is 2.47 bits per heavy atom. The largest absolute Gasteiger partial charge is 0.339 e. The SMILES string of the molecule is CC1(c2nc(C3CCCCCC3)no2)CCNCC1. The number of piperidine rings is 1. The molecule has 2 heterocycles. The van der Waals surface area contributed by atoms with Gasteiger partial charge < -0.3 is 9.84 Å². The van der Waals surface area contributed by atoms with Gasteiger partial charge in [0.25, 0.3) is 0 Å². The first-order valence-electron chi connectivity index (χ1n) is 7.83. The van der Waals surface area contributed by atoms with E-state index in [0.717, 1.165) is 37.6 Å². The second-order valence-corrected chi connectivity index (χ2v) is 6.46. The maximum atomic E-state index is 5.61. The van der Waals surface area contributed by atoms with Crippen LogP contribution in [0.15, 0.2) is 4.52 Å². The number of hydrogen-bond acceptors (Lipinski definition) is 4. The van der Waals surface area contributed by atoms with Gasteiger partial charge in [0.15, 0.2) is 5.82 Å². The lowest BCUT2D eigenvalue weighted by atomic mass is 9.81. The van der Waals surface area contributed by atoms with Crippen LogP contribution in [0.1, 0.15) is 75.9 Å². The highest BCUT2D eigenvalue weighted by molar-refractivity contribution is 5.07. The van der Waals surface area contributed by atoms with Crippen molar-refractivity contribution in [3.05, 3.63) is 11.7 Å². The highest BCUT2D eigenvalue weighted by atomic mass is 16.5. The summed E-state index contributed by atoms with van der Waals surface area (Å²) in [4.78, 5) is 4.77. The first kappa shape index (κ1) is 13.1. The van der Waals surface area contributed by atoms with Crippen molar-refractivity contribution in [3.63, 3.8) is 0 Å². The molecule has 1 aliphatic carbocycles. The van der Waals surface area contributed by atoms with Gasteiger partial charge in [-0.05, 0) is 38.8 Å². The van der Waals surface area contributed by atoms with Crippen molar-refractivity contribution in [2.24, 2.45) is 0 Å². The van der Waals surface area contributed by atoms with Gasteiger partial charge in [-0.25, -0.2) is 0 Å². The molecule has 2 aliphatic rings. The van der Waals surface area contributed by atoms with Crippen molar-refractivity contribution in [2.45, 2.75) is 69.6 Å². The van der Waals surface area contributed by atoms with E-state index in [2.05, 4.69) is 17.4 Å². The van der Waals surface area contributed by atoms with E-state index in [1.54, 1.807) is 0 Å². The van der Waals surface area contributed by atoms with Crippen LogP contribution >= 0.6 is 0 Å². The van der Waals surface area contributed by atoms with Crippen molar-refractivity contribution >= 4 is 0 Å². The van der Waals surface area contributed by atoms with Crippen LogP contribution < -0.4 is 5.32 Å². The molecule has 0 amide bonds. The summed E-state index contributed by atoms with van der Waals surface area (Å²) in [7, 11) is 0. The van der Waals surface area contributed by atoms with E-state index >= 15 is 0 Å². The van der Waals surface area contributed by atoms with Crippen LogP contribution in [0.2, 0.25) is 0 Å². The van der Waals surface area contributed by atoms with Gasteiger partial charge in [0, 0.05) is 11.3 Å². The minimum Gasteiger partial charge on any atom is -0.339 e. The molecule has 0 unspecified atom stereocenters. The molecule has 1 aromatic heterocycles. The highest BCUT2D eigenvalue weighted by Crippen LogP contribution is 2.34. The van der Waals surface area contributed by atoms with E-state index in [-0.39, 0.29) is 5.41 Å². The normalized spacial score (nSPS) is 25.1. The van der Waals surface area contributed by atoms with E-state index in [9.17, 15) is 0 Å². The molecule has 106 valence electrons. The van der Waals surface area contributed by atoms with E-state index in [1.165, 1.54) is 38.5 Å². The van der Waals surface area contributed by atoms with Crippen LogP contribution in [0.25, 0.3) is 0 Å². The van der Waals surface area contributed by atoms with E-state index in [4.69, 9.17) is 9.51 Å². The monoisotopic (exact) mass is 263 g/mol. The van der Waals surface area contributed by atoms with Crippen molar-refractivity contribution in [1.82, 2.24) is 15.5 Å². The molecule has 0 radical (unpaired) electrons. The zero-order chi connectivity index (χ0) is 13.1. The van der Waals surface area contributed by atoms with Crippen LogP contribution in [-0.4, -0.2) is 23.2 Å². The Hall–Kier alpha value is -0.900. The molecule has 19 heavy (non-hydrogen) atoms. The Morgan fingerprint density at radius 2 is 1.79 bits per heavy atom. The van der Waals surface area contributed by atoms with Gasteiger partial charge in [-0.3, -0.25) is 0 Å². The number of nitrogens with one attached hydrogen (secondary N) is 1. The van der Waals surface area contributed by atoms with Gasteiger partial charge in [-0.2, -0.15) is 4.98 Å². The molecule has 1 aromatic rings. The van der Waals surface area contributed by atoms with E-state index in [0.29, 0.717) is 5.92 Å². The second kappa shape index (κ2) is 5.61. The third-order valence-electron chi connectivity index (χ3n) is 4.89. The first-order chi connectivity index (χ1) is 9.28. The standard InChI is InChI=1S/C15H25N3O/c1-15(8-10-16-11-9-15)14-17-13(18-19-14)12-6-4-2-3-5-7-12/h12,16H,2-11H2,1H3. The Labute approximate surface area is 115 Å². The Bertz CT molecular complexity index is 401. The topological polar surface area (TPSA) is 51.0 Å². The van der Waals surface area contributed by atoms with Gasteiger partial charge in [-0.1, -0.05) is 37.8 Å². The summed E-state index contributed by atoms with van der Waals surface area (Å²) in [6, 6.07) is 0. The van der Waals surface area contributed by atoms with E-state index in [1.807, 2.05) is 0 Å². The summed E-state index contributed by atoms with van der Waals surface area (Å²) >= 11 is 0. The fraction of sp³-hybridized carbons (Fsp3) is 0.867. The summed E-state index contributed by atoms with van der Waals surface area (Å²) in [5.74, 6) is 2.37. The molecular formula is C15H25N3O. The number of hydrogen-bond donors (Lipinski definition) is 1. The number of aromatic nitrogens is 2. The number of nitrogens with zero attached hydrogens (tertiary/aromatic N) is 2. The molecule has 2 fully saturated rings. The smallest absolute Gasteiger partial charge is 0.232 e. The average molecular weight is 263 g/mol. The van der Waals surface area contributed by atoms with Crippen LogP contribution in [0.5, 0.6) is 0 Å². The lowest BCUT2D eigenvalue weighted by Gasteiger charge is -2.30. The molecule has 3 rings (SSSR count). The molecule has 4 nitrogen and oxygen atoms in total. The summed E-state index contributed by atoms with van der Waals surface area (Å²) < 4.78 is 5.61. The molecular weight excluding hydrogens is 238 g/mol. The fourth-order valence-electron chi connectivity index (χ4n) is 3.38. The van der Waals surface area contributed by atoms with Gasteiger partial charge in [0.05, 0.1) is 0 Å². The Kier molecular flexibility index (Phi) is 3.87. The maximum absolute atomic E-state index is 5.61. The molecule has 1 N–H and O–H groups in total. The van der Waals surface area contributed by atoms with E-state index < -0.39 is 0 Å². The predicted molar refractivity (Wildman–Crippen MR) is 74.2 cm³/mol. The summed E-state index contributed by atoms with van der Waals surface area (Å²) in [6.07, 6.45) is 10.0. The van der Waals surface area contributed by atoms with Gasteiger partial charge in [-0.15, -0.1) is 0 Å². The number of rotatable bonds is 2.